The SMILES string of the molecule is O=C(NCCc1ccc2c(c1)OCO2)c1cc2c(=O)c3ccccc3oc2o1. The number of hydrogen-bond donors (Lipinski definition) is 1. The molecule has 2 aromatic carbocycles. The van der Waals surface area contributed by atoms with Crippen LogP contribution in [-0.4, -0.2) is 19.2 Å². The maximum atomic E-state index is 12.5. The molecule has 0 saturated carbocycles. The average Bonchev–Trinajstić information content (AvgIpc) is 3.34. The van der Waals surface area contributed by atoms with Crippen molar-refractivity contribution in [2.45, 2.75) is 6.42 Å². The lowest BCUT2D eigenvalue weighted by molar-refractivity contribution is 0.0927. The van der Waals surface area contributed by atoms with Gasteiger partial charge >= 0.3 is 5.78 Å². The number of rotatable bonds is 4. The minimum atomic E-state index is -0.407. The highest BCUT2D eigenvalue weighted by atomic mass is 16.7. The number of nitrogens with one attached hydrogen (secondary N) is 1. The average molecular weight is 377 g/mol. The van der Waals surface area contributed by atoms with Gasteiger partial charge < -0.3 is 23.6 Å². The van der Waals surface area contributed by atoms with Crippen LogP contribution >= 0.6 is 0 Å². The van der Waals surface area contributed by atoms with E-state index < -0.39 is 5.91 Å². The van der Waals surface area contributed by atoms with E-state index in [9.17, 15) is 9.59 Å². The van der Waals surface area contributed by atoms with Crippen molar-refractivity contribution >= 4 is 28.0 Å². The Hall–Kier alpha value is -3.74. The first-order chi connectivity index (χ1) is 13.7. The third-order valence-corrected chi connectivity index (χ3v) is 4.64. The van der Waals surface area contributed by atoms with Gasteiger partial charge in [0.15, 0.2) is 17.3 Å². The third-order valence-electron chi connectivity index (χ3n) is 4.64. The second-order valence-corrected chi connectivity index (χ2v) is 6.43. The monoisotopic (exact) mass is 377 g/mol. The molecule has 7 nitrogen and oxygen atoms in total. The van der Waals surface area contributed by atoms with Crippen molar-refractivity contribution < 1.29 is 23.1 Å². The Kier molecular flexibility index (Phi) is 3.79. The van der Waals surface area contributed by atoms with Crippen LogP contribution in [-0.2, 0) is 6.42 Å². The topological polar surface area (TPSA) is 90.9 Å². The fourth-order valence-electron chi connectivity index (χ4n) is 3.21. The molecular formula is C21H15NO6. The maximum absolute atomic E-state index is 12.5. The van der Waals surface area contributed by atoms with Crippen LogP contribution < -0.4 is 20.2 Å². The van der Waals surface area contributed by atoms with Gasteiger partial charge in [-0.2, -0.15) is 0 Å². The summed E-state index contributed by atoms with van der Waals surface area (Å²) in [4.78, 5) is 24.9. The quantitative estimate of drug-likeness (QED) is 0.587. The first kappa shape index (κ1) is 16.4. The molecule has 7 heteroatoms. The summed E-state index contributed by atoms with van der Waals surface area (Å²) in [5.41, 5.74) is 1.21. The van der Waals surface area contributed by atoms with Crippen LogP contribution in [0.25, 0.3) is 22.1 Å². The van der Waals surface area contributed by atoms with E-state index >= 15 is 0 Å². The number of amides is 1. The first-order valence-corrected chi connectivity index (χ1v) is 8.81. The standard InChI is InChI=1S/C21H15NO6/c23-19-13-3-1-2-4-15(13)27-21-14(19)10-18(28-21)20(24)22-8-7-12-5-6-16-17(9-12)26-11-25-16/h1-6,9-10H,7-8,11H2,(H,22,24). The van der Waals surface area contributed by atoms with Crippen LogP contribution in [0.5, 0.6) is 11.5 Å². The molecule has 1 N–H and O–H groups in total. The van der Waals surface area contributed by atoms with Gasteiger partial charge in [0, 0.05) is 12.6 Å². The zero-order valence-corrected chi connectivity index (χ0v) is 14.7. The van der Waals surface area contributed by atoms with E-state index in [0.717, 1.165) is 11.3 Å². The molecule has 1 aliphatic heterocycles. The lowest BCUT2D eigenvalue weighted by Crippen LogP contribution is -2.25. The second kappa shape index (κ2) is 6.45. The van der Waals surface area contributed by atoms with Crippen LogP contribution in [0.2, 0.25) is 0 Å². The molecule has 0 saturated heterocycles. The molecular weight excluding hydrogens is 362 g/mol. The van der Waals surface area contributed by atoms with Gasteiger partial charge in [-0.05, 0) is 36.2 Å². The molecule has 5 rings (SSSR count). The molecule has 0 fully saturated rings. The van der Waals surface area contributed by atoms with E-state index in [1.807, 2.05) is 18.2 Å². The van der Waals surface area contributed by atoms with Crippen molar-refractivity contribution in [3.05, 3.63) is 70.1 Å². The molecule has 140 valence electrons. The third kappa shape index (κ3) is 2.77. The first-order valence-electron chi connectivity index (χ1n) is 8.81. The molecule has 0 unspecified atom stereocenters. The molecule has 0 spiro atoms. The normalized spacial score (nSPS) is 12.6. The fraction of sp³-hybridized carbons (Fsp3) is 0.143. The summed E-state index contributed by atoms with van der Waals surface area (Å²) in [5, 5.41) is 3.49. The number of para-hydroxylation sites is 1. The predicted octanol–water partition coefficient (Wildman–Crippen LogP) is 3.24. The smallest absolute Gasteiger partial charge is 0.302 e. The van der Waals surface area contributed by atoms with Crippen molar-refractivity contribution in [2.75, 3.05) is 13.3 Å². The van der Waals surface area contributed by atoms with E-state index in [0.29, 0.717) is 29.7 Å². The van der Waals surface area contributed by atoms with Crippen LogP contribution in [0.3, 0.4) is 0 Å². The van der Waals surface area contributed by atoms with Crippen molar-refractivity contribution in [1.29, 1.82) is 0 Å². The number of ether oxygens (including phenoxy) is 2. The van der Waals surface area contributed by atoms with Crippen LogP contribution in [0.15, 0.2) is 62.2 Å². The number of carbonyl (C=O) groups excluding carboxylic acids is 1. The zero-order chi connectivity index (χ0) is 19.1. The van der Waals surface area contributed by atoms with E-state index in [1.54, 1.807) is 24.3 Å². The number of carbonyl (C=O) groups is 1. The lowest BCUT2D eigenvalue weighted by Gasteiger charge is -2.04. The van der Waals surface area contributed by atoms with Gasteiger partial charge in [0.05, 0.1) is 5.39 Å². The molecule has 0 bridgehead atoms. The predicted molar refractivity (Wildman–Crippen MR) is 101 cm³/mol. The second-order valence-electron chi connectivity index (χ2n) is 6.43. The number of fused-ring (bicyclic) bond motifs is 3. The Labute approximate surface area is 158 Å². The van der Waals surface area contributed by atoms with Crippen molar-refractivity contribution in [2.24, 2.45) is 0 Å². The summed E-state index contributed by atoms with van der Waals surface area (Å²) in [6, 6.07) is 14.0. The zero-order valence-electron chi connectivity index (χ0n) is 14.7. The van der Waals surface area contributed by atoms with Crippen LogP contribution in [0.4, 0.5) is 0 Å². The van der Waals surface area contributed by atoms with E-state index in [-0.39, 0.29) is 29.1 Å². The Balaban J connectivity index is 1.32. The largest absolute Gasteiger partial charge is 0.454 e. The van der Waals surface area contributed by atoms with Gasteiger partial charge in [-0.1, -0.05) is 18.2 Å². The van der Waals surface area contributed by atoms with E-state index in [1.165, 1.54) is 6.07 Å². The van der Waals surface area contributed by atoms with Crippen molar-refractivity contribution in [3.63, 3.8) is 0 Å². The maximum Gasteiger partial charge on any atom is 0.302 e. The molecule has 2 aromatic heterocycles. The molecule has 0 aliphatic carbocycles. The van der Waals surface area contributed by atoms with Gasteiger partial charge in [-0.25, -0.2) is 0 Å². The van der Waals surface area contributed by atoms with Crippen LogP contribution in [0.1, 0.15) is 16.1 Å². The minimum Gasteiger partial charge on any atom is -0.454 e. The Bertz CT molecular complexity index is 1270. The van der Waals surface area contributed by atoms with E-state index in [4.69, 9.17) is 18.3 Å². The summed E-state index contributed by atoms with van der Waals surface area (Å²) in [6.45, 7) is 0.627. The van der Waals surface area contributed by atoms with E-state index in [2.05, 4.69) is 5.32 Å². The van der Waals surface area contributed by atoms with Gasteiger partial charge in [0.2, 0.25) is 12.2 Å². The highest BCUT2D eigenvalue weighted by Crippen LogP contribution is 2.32. The molecule has 1 amide bonds. The highest BCUT2D eigenvalue weighted by molar-refractivity contribution is 5.97. The summed E-state index contributed by atoms with van der Waals surface area (Å²) in [7, 11) is 0. The molecule has 3 heterocycles. The number of hydrogen-bond acceptors (Lipinski definition) is 6. The van der Waals surface area contributed by atoms with Crippen molar-refractivity contribution in [1.82, 2.24) is 5.32 Å². The van der Waals surface area contributed by atoms with Crippen LogP contribution in [0, 0.1) is 0 Å². The fourth-order valence-corrected chi connectivity index (χ4v) is 3.21. The van der Waals surface area contributed by atoms with Gasteiger partial charge in [0.1, 0.15) is 11.0 Å². The van der Waals surface area contributed by atoms with Crippen molar-refractivity contribution in [3.8, 4) is 11.5 Å². The lowest BCUT2D eigenvalue weighted by atomic mass is 10.1. The van der Waals surface area contributed by atoms with Gasteiger partial charge in [-0.3, -0.25) is 9.59 Å². The Morgan fingerprint density at radius 3 is 2.75 bits per heavy atom. The molecule has 1 aliphatic rings. The summed E-state index contributed by atoms with van der Waals surface area (Å²) < 4.78 is 21.7. The number of furan rings is 1. The Morgan fingerprint density at radius 2 is 1.82 bits per heavy atom. The molecule has 0 atom stereocenters. The minimum absolute atomic E-state index is 0.0387. The highest BCUT2D eigenvalue weighted by Gasteiger charge is 2.18. The summed E-state index contributed by atoms with van der Waals surface area (Å²) in [5.74, 6) is 1.11. The summed E-state index contributed by atoms with van der Waals surface area (Å²) >= 11 is 0. The molecule has 4 aromatic rings. The number of benzene rings is 2. The molecule has 28 heavy (non-hydrogen) atoms. The Morgan fingerprint density at radius 1 is 0.964 bits per heavy atom. The van der Waals surface area contributed by atoms with Gasteiger partial charge in [-0.15, -0.1) is 0 Å². The summed E-state index contributed by atoms with van der Waals surface area (Å²) in [6.07, 6.45) is 0.615. The van der Waals surface area contributed by atoms with Gasteiger partial charge in [0.25, 0.3) is 5.91 Å². The molecule has 0 radical (unpaired) electrons.